The number of nitrogens with one attached hydrogen (secondary N) is 1. The van der Waals surface area contributed by atoms with Gasteiger partial charge in [0.1, 0.15) is 12.4 Å². The molecule has 5 nitrogen and oxygen atoms in total. The molecule has 1 saturated carbocycles. The first-order valence-electron chi connectivity index (χ1n) is 13.2. The summed E-state index contributed by atoms with van der Waals surface area (Å²) in [5, 5.41) is 3.40. The lowest BCUT2D eigenvalue weighted by Gasteiger charge is -2.41. The van der Waals surface area contributed by atoms with E-state index >= 15 is 0 Å². The van der Waals surface area contributed by atoms with E-state index in [1.54, 1.807) is 0 Å². The minimum atomic E-state index is -0.355. The number of piperidine rings is 1. The van der Waals surface area contributed by atoms with Crippen LogP contribution < -0.4 is 10.1 Å². The summed E-state index contributed by atoms with van der Waals surface area (Å²) in [6.07, 6.45) is 10.8. The molecule has 2 fully saturated rings. The Kier molecular flexibility index (Phi) is 7.98. The average molecular weight is 455 g/mol. The van der Waals surface area contributed by atoms with Gasteiger partial charge in [-0.3, -0.25) is 9.59 Å². The molecule has 1 saturated heterocycles. The first-order chi connectivity index (χ1) is 15.9. The lowest BCUT2D eigenvalue weighted by atomic mass is 9.73. The minimum Gasteiger partial charge on any atom is -0.491 e. The van der Waals surface area contributed by atoms with E-state index < -0.39 is 0 Å². The molecule has 182 valence electrons. The fourth-order valence-corrected chi connectivity index (χ4v) is 5.55. The Morgan fingerprint density at radius 1 is 1.12 bits per heavy atom. The zero-order chi connectivity index (χ0) is 23.3. The summed E-state index contributed by atoms with van der Waals surface area (Å²) >= 11 is 0. The number of carbonyl (C=O) groups is 2. The normalized spacial score (nSPS) is 24.2. The van der Waals surface area contributed by atoms with Gasteiger partial charge in [0, 0.05) is 19.5 Å². The number of carbonyl (C=O) groups excluding carboxylic acids is 2. The van der Waals surface area contributed by atoms with E-state index in [0.29, 0.717) is 30.8 Å². The summed E-state index contributed by atoms with van der Waals surface area (Å²) in [5.74, 6) is 2.52. The van der Waals surface area contributed by atoms with Crippen LogP contribution in [0.3, 0.4) is 0 Å². The fraction of sp³-hybridized carbons (Fsp3) is 0.714. The molecular formula is C28H42N2O3. The highest BCUT2D eigenvalue weighted by molar-refractivity contribution is 5.84. The maximum atomic E-state index is 13.7. The van der Waals surface area contributed by atoms with E-state index in [1.807, 2.05) is 11.0 Å². The predicted molar refractivity (Wildman–Crippen MR) is 131 cm³/mol. The van der Waals surface area contributed by atoms with Gasteiger partial charge in [-0.25, -0.2) is 0 Å². The molecule has 1 spiro atoms. The van der Waals surface area contributed by atoms with Crippen LogP contribution >= 0.6 is 0 Å². The van der Waals surface area contributed by atoms with Crippen molar-refractivity contribution in [1.29, 1.82) is 0 Å². The topological polar surface area (TPSA) is 58.6 Å². The van der Waals surface area contributed by atoms with Gasteiger partial charge in [-0.15, -0.1) is 0 Å². The number of ether oxygens (including phenoxy) is 1. The fourth-order valence-electron chi connectivity index (χ4n) is 5.55. The van der Waals surface area contributed by atoms with Crippen molar-refractivity contribution in [2.24, 2.45) is 17.3 Å². The summed E-state index contributed by atoms with van der Waals surface area (Å²) in [4.78, 5) is 28.4. The number of nitrogens with zero attached hydrogens (tertiary/aromatic N) is 1. The van der Waals surface area contributed by atoms with Gasteiger partial charge in [-0.1, -0.05) is 44.9 Å². The molecule has 1 aromatic rings. The summed E-state index contributed by atoms with van der Waals surface area (Å²) in [6.45, 7) is 6.33. The first-order valence-corrected chi connectivity index (χ1v) is 13.2. The Balaban J connectivity index is 1.46. The smallest absolute Gasteiger partial charge is 0.226 e. The van der Waals surface area contributed by atoms with Gasteiger partial charge in [0.2, 0.25) is 11.8 Å². The third kappa shape index (κ3) is 6.51. The molecule has 33 heavy (non-hydrogen) atoms. The van der Waals surface area contributed by atoms with Crippen LogP contribution in [0.1, 0.15) is 83.6 Å². The summed E-state index contributed by atoms with van der Waals surface area (Å²) in [5.41, 5.74) is 0.913. The third-order valence-electron chi connectivity index (χ3n) is 7.82. The van der Waals surface area contributed by atoms with Crippen molar-refractivity contribution in [2.75, 3.05) is 19.7 Å². The van der Waals surface area contributed by atoms with Gasteiger partial charge in [0.15, 0.2) is 0 Å². The van der Waals surface area contributed by atoms with Crippen molar-refractivity contribution in [2.45, 2.75) is 90.5 Å². The van der Waals surface area contributed by atoms with Crippen LogP contribution in [0, 0.1) is 17.3 Å². The van der Waals surface area contributed by atoms with Gasteiger partial charge in [-0.2, -0.15) is 0 Å². The standard InChI is InChI=1S/C28H42N2O3/c1-21(2)18-24-20-33-25-10-6-5-9-23(25)8-4-3-7-13-28(27(32)29-24)14-16-30(17-15-28)26(31)19-22-11-12-22/h5-6,9-10,21-22,24H,3-4,7-8,11-20H2,1-2H3,(H,29,32)/t24-/m0/s1. The highest BCUT2D eigenvalue weighted by atomic mass is 16.5. The molecule has 5 heteroatoms. The van der Waals surface area contributed by atoms with Crippen molar-refractivity contribution in [3.63, 3.8) is 0 Å². The van der Waals surface area contributed by atoms with Gasteiger partial charge < -0.3 is 15.0 Å². The molecule has 0 radical (unpaired) electrons. The number of para-hydroxylation sites is 1. The highest BCUT2D eigenvalue weighted by Crippen LogP contribution is 2.39. The van der Waals surface area contributed by atoms with E-state index in [1.165, 1.54) is 18.4 Å². The molecule has 2 amide bonds. The summed E-state index contributed by atoms with van der Waals surface area (Å²) in [6, 6.07) is 8.33. The SMILES string of the molecule is CC(C)C[C@H]1COc2ccccc2CCCCCC2(CCN(C(=O)CC3CC3)CC2)C(=O)N1. The molecule has 4 rings (SSSR count). The number of benzene rings is 1. The summed E-state index contributed by atoms with van der Waals surface area (Å²) < 4.78 is 6.26. The zero-order valence-electron chi connectivity index (χ0n) is 20.6. The van der Waals surface area contributed by atoms with E-state index in [4.69, 9.17) is 4.74 Å². The van der Waals surface area contributed by atoms with Crippen LogP contribution in [0.25, 0.3) is 0 Å². The molecular weight excluding hydrogens is 412 g/mol. The Morgan fingerprint density at radius 2 is 1.88 bits per heavy atom. The molecule has 2 heterocycles. The molecule has 1 N–H and O–H groups in total. The molecule has 1 atom stereocenters. The highest BCUT2D eigenvalue weighted by Gasteiger charge is 2.42. The van der Waals surface area contributed by atoms with Gasteiger partial charge >= 0.3 is 0 Å². The van der Waals surface area contributed by atoms with Crippen molar-refractivity contribution in [3.8, 4) is 5.75 Å². The number of aryl methyl sites for hydroxylation is 1. The molecule has 0 bridgehead atoms. The molecule has 1 aliphatic carbocycles. The quantitative estimate of drug-likeness (QED) is 0.687. The van der Waals surface area contributed by atoms with E-state index in [9.17, 15) is 9.59 Å². The number of likely N-dealkylation sites (tertiary alicyclic amines) is 1. The average Bonchev–Trinajstić information content (AvgIpc) is 3.61. The van der Waals surface area contributed by atoms with Crippen molar-refractivity contribution in [3.05, 3.63) is 29.8 Å². The predicted octanol–water partition coefficient (Wildman–Crippen LogP) is 5.12. The maximum absolute atomic E-state index is 13.7. The lowest BCUT2D eigenvalue weighted by molar-refractivity contribution is -0.142. The van der Waals surface area contributed by atoms with Crippen LogP contribution in [0.5, 0.6) is 5.75 Å². The maximum Gasteiger partial charge on any atom is 0.226 e. The zero-order valence-corrected chi connectivity index (χ0v) is 20.6. The third-order valence-corrected chi connectivity index (χ3v) is 7.82. The van der Waals surface area contributed by atoms with Crippen molar-refractivity contribution >= 4 is 11.8 Å². The van der Waals surface area contributed by atoms with Gasteiger partial charge in [-0.05, 0) is 74.8 Å². The van der Waals surface area contributed by atoms with Crippen LogP contribution in [-0.2, 0) is 16.0 Å². The van der Waals surface area contributed by atoms with Gasteiger partial charge in [0.25, 0.3) is 0 Å². The number of hydrogen-bond acceptors (Lipinski definition) is 3. The number of fused-ring (bicyclic) bond motifs is 1. The van der Waals surface area contributed by atoms with Crippen molar-refractivity contribution < 1.29 is 14.3 Å². The van der Waals surface area contributed by atoms with Gasteiger partial charge in [0.05, 0.1) is 11.5 Å². The molecule has 3 aliphatic rings. The van der Waals surface area contributed by atoms with E-state index in [2.05, 4.69) is 37.4 Å². The molecule has 2 aliphatic heterocycles. The summed E-state index contributed by atoms with van der Waals surface area (Å²) in [7, 11) is 0. The van der Waals surface area contributed by atoms with Crippen LogP contribution in [0.15, 0.2) is 24.3 Å². The number of amides is 2. The number of rotatable bonds is 4. The minimum absolute atomic E-state index is 0.00212. The second kappa shape index (κ2) is 10.9. The second-order valence-electron chi connectivity index (χ2n) is 11.1. The Labute approximate surface area is 199 Å². The Bertz CT molecular complexity index is 809. The first kappa shape index (κ1) is 24.1. The second-order valence-corrected chi connectivity index (χ2v) is 11.1. The van der Waals surface area contributed by atoms with Crippen LogP contribution in [-0.4, -0.2) is 42.5 Å². The largest absolute Gasteiger partial charge is 0.491 e. The van der Waals surface area contributed by atoms with Crippen molar-refractivity contribution in [1.82, 2.24) is 10.2 Å². The monoisotopic (exact) mass is 454 g/mol. The molecule has 0 unspecified atom stereocenters. The Hall–Kier alpha value is -2.04. The van der Waals surface area contributed by atoms with E-state index in [-0.39, 0.29) is 17.4 Å². The molecule has 0 aromatic heterocycles. The molecule has 1 aromatic carbocycles. The number of hydrogen-bond donors (Lipinski definition) is 1. The van der Waals surface area contributed by atoms with E-state index in [0.717, 1.165) is 70.2 Å². The lowest BCUT2D eigenvalue weighted by Crippen LogP contribution is -2.53. The van der Waals surface area contributed by atoms with Crippen LogP contribution in [0.4, 0.5) is 0 Å². The Morgan fingerprint density at radius 3 is 2.61 bits per heavy atom. The van der Waals surface area contributed by atoms with Crippen LogP contribution in [0.2, 0.25) is 0 Å².